The quantitative estimate of drug-likeness (QED) is 0.600. The lowest BCUT2D eigenvalue weighted by molar-refractivity contribution is -0.141. The number of aliphatic carboxylic acids is 1. The van der Waals surface area contributed by atoms with E-state index in [4.69, 9.17) is 19.3 Å². The SMILES string of the molecule is C1CC1.COc1ccccc1OC1CC(COc2cccc(CC(C)C(=O)O)c2)C1. The van der Waals surface area contributed by atoms with Crippen molar-refractivity contribution in [3.8, 4) is 17.2 Å². The number of hydrogen-bond acceptors (Lipinski definition) is 4. The van der Waals surface area contributed by atoms with Gasteiger partial charge in [0.1, 0.15) is 5.75 Å². The van der Waals surface area contributed by atoms with Gasteiger partial charge in [-0.25, -0.2) is 0 Å². The van der Waals surface area contributed by atoms with Crippen molar-refractivity contribution in [1.82, 2.24) is 0 Å². The molecule has 0 aromatic heterocycles. The first-order chi connectivity index (χ1) is 14.5. The molecule has 5 heteroatoms. The van der Waals surface area contributed by atoms with Crippen LogP contribution in [0.3, 0.4) is 0 Å². The predicted molar refractivity (Wildman–Crippen MR) is 116 cm³/mol. The van der Waals surface area contributed by atoms with E-state index in [1.807, 2.05) is 48.5 Å². The molecule has 2 fully saturated rings. The van der Waals surface area contributed by atoms with Crippen LogP contribution in [-0.4, -0.2) is 30.9 Å². The van der Waals surface area contributed by atoms with Crippen molar-refractivity contribution in [2.75, 3.05) is 13.7 Å². The number of hydrogen-bond donors (Lipinski definition) is 1. The molecular formula is C25H32O5. The second kappa shape index (κ2) is 10.9. The molecule has 2 saturated carbocycles. The van der Waals surface area contributed by atoms with Gasteiger partial charge in [0.15, 0.2) is 11.5 Å². The Balaban J connectivity index is 0.000000782. The van der Waals surface area contributed by atoms with Crippen molar-refractivity contribution in [3.63, 3.8) is 0 Å². The maximum Gasteiger partial charge on any atom is 0.306 e. The molecule has 0 amide bonds. The zero-order valence-electron chi connectivity index (χ0n) is 17.9. The van der Waals surface area contributed by atoms with Gasteiger partial charge in [0, 0.05) is 0 Å². The van der Waals surface area contributed by atoms with E-state index < -0.39 is 11.9 Å². The van der Waals surface area contributed by atoms with Gasteiger partial charge in [-0.3, -0.25) is 4.79 Å². The molecule has 0 radical (unpaired) electrons. The number of benzene rings is 2. The highest BCUT2D eigenvalue weighted by molar-refractivity contribution is 5.69. The van der Waals surface area contributed by atoms with Crippen LogP contribution < -0.4 is 14.2 Å². The summed E-state index contributed by atoms with van der Waals surface area (Å²) in [7, 11) is 1.64. The molecule has 162 valence electrons. The number of ether oxygens (including phenoxy) is 3. The molecule has 1 unspecified atom stereocenters. The minimum atomic E-state index is -0.781. The number of carbonyl (C=O) groups is 1. The molecule has 2 aliphatic carbocycles. The summed E-state index contributed by atoms with van der Waals surface area (Å²) in [6.07, 6.45) is 7.10. The molecule has 2 aromatic carbocycles. The first kappa shape index (κ1) is 22.0. The minimum absolute atomic E-state index is 0.192. The van der Waals surface area contributed by atoms with E-state index in [1.54, 1.807) is 14.0 Å². The fraction of sp³-hybridized carbons (Fsp3) is 0.480. The smallest absolute Gasteiger partial charge is 0.306 e. The molecule has 1 N–H and O–H groups in total. The maximum atomic E-state index is 11.0. The topological polar surface area (TPSA) is 65.0 Å². The summed E-state index contributed by atoms with van der Waals surface area (Å²) < 4.78 is 17.2. The molecule has 30 heavy (non-hydrogen) atoms. The van der Waals surface area contributed by atoms with Gasteiger partial charge in [0.25, 0.3) is 0 Å². The largest absolute Gasteiger partial charge is 0.493 e. The van der Waals surface area contributed by atoms with Crippen LogP contribution in [0.25, 0.3) is 0 Å². The van der Waals surface area contributed by atoms with Crippen LogP contribution in [0.15, 0.2) is 48.5 Å². The standard InChI is InChI=1S/C22H26O5.C3H6/c1-15(22(23)24)10-16-6-5-7-18(11-16)26-14-17-12-19(13-17)27-21-9-4-3-8-20(21)25-2;1-2-3-1/h3-9,11,15,17,19H,10,12-14H2,1-2H3,(H,23,24);1-3H2. The molecule has 0 saturated heterocycles. The van der Waals surface area contributed by atoms with Crippen LogP contribution in [-0.2, 0) is 11.2 Å². The van der Waals surface area contributed by atoms with Crippen LogP contribution >= 0.6 is 0 Å². The Labute approximate surface area is 179 Å². The van der Waals surface area contributed by atoms with E-state index in [1.165, 1.54) is 19.3 Å². The van der Waals surface area contributed by atoms with Crippen LogP contribution in [0, 0.1) is 11.8 Å². The molecule has 5 nitrogen and oxygen atoms in total. The molecule has 1 atom stereocenters. The Morgan fingerprint density at radius 2 is 1.77 bits per heavy atom. The van der Waals surface area contributed by atoms with Gasteiger partial charge < -0.3 is 19.3 Å². The minimum Gasteiger partial charge on any atom is -0.493 e. The van der Waals surface area contributed by atoms with Crippen LogP contribution in [0.1, 0.15) is 44.6 Å². The van der Waals surface area contributed by atoms with Crippen molar-refractivity contribution >= 4 is 5.97 Å². The second-order valence-corrected chi connectivity index (χ2v) is 8.19. The fourth-order valence-corrected chi connectivity index (χ4v) is 3.22. The molecule has 0 aliphatic heterocycles. The lowest BCUT2D eigenvalue weighted by Crippen LogP contribution is -2.37. The average molecular weight is 413 g/mol. The van der Waals surface area contributed by atoms with Gasteiger partial charge in [-0.15, -0.1) is 0 Å². The van der Waals surface area contributed by atoms with Crippen molar-refractivity contribution in [3.05, 3.63) is 54.1 Å². The average Bonchev–Trinajstić information content (AvgIpc) is 3.59. The molecule has 2 aliphatic rings. The van der Waals surface area contributed by atoms with E-state index in [2.05, 4.69) is 0 Å². The molecule has 0 bridgehead atoms. The molecule has 0 spiro atoms. The second-order valence-electron chi connectivity index (χ2n) is 8.19. The monoisotopic (exact) mass is 412 g/mol. The van der Waals surface area contributed by atoms with Gasteiger partial charge in [0.05, 0.1) is 25.7 Å². The highest BCUT2D eigenvalue weighted by Gasteiger charge is 2.32. The number of para-hydroxylation sites is 2. The molecular weight excluding hydrogens is 380 g/mol. The Hall–Kier alpha value is -2.69. The van der Waals surface area contributed by atoms with Gasteiger partial charge in [-0.2, -0.15) is 0 Å². The Bertz CT molecular complexity index is 808. The van der Waals surface area contributed by atoms with E-state index >= 15 is 0 Å². The number of rotatable bonds is 9. The number of carboxylic acid groups (broad SMARTS) is 1. The number of carboxylic acids is 1. The zero-order chi connectivity index (χ0) is 21.3. The van der Waals surface area contributed by atoms with Crippen molar-refractivity contribution in [2.45, 2.75) is 51.6 Å². The van der Waals surface area contributed by atoms with Crippen LogP contribution in [0.4, 0.5) is 0 Å². The Kier molecular flexibility index (Phi) is 8.00. The van der Waals surface area contributed by atoms with E-state index in [0.29, 0.717) is 18.9 Å². The van der Waals surface area contributed by atoms with Gasteiger partial charge in [-0.1, -0.05) is 50.5 Å². The maximum absolute atomic E-state index is 11.0. The summed E-state index contributed by atoms with van der Waals surface area (Å²) >= 11 is 0. The molecule has 0 heterocycles. The number of methoxy groups -OCH3 is 1. The third-order valence-electron chi connectivity index (χ3n) is 5.26. The molecule has 4 rings (SSSR count). The van der Waals surface area contributed by atoms with Crippen molar-refractivity contribution < 1.29 is 24.1 Å². The summed E-state index contributed by atoms with van der Waals surface area (Å²) in [5.74, 6) is 1.61. The van der Waals surface area contributed by atoms with Crippen molar-refractivity contribution in [1.29, 1.82) is 0 Å². The highest BCUT2D eigenvalue weighted by atomic mass is 16.5. The van der Waals surface area contributed by atoms with E-state index in [0.717, 1.165) is 35.7 Å². The van der Waals surface area contributed by atoms with Gasteiger partial charge in [0.2, 0.25) is 0 Å². The van der Waals surface area contributed by atoms with Crippen LogP contribution in [0.2, 0.25) is 0 Å². The zero-order valence-corrected chi connectivity index (χ0v) is 17.9. The normalized spacial score (nSPS) is 20.1. The van der Waals surface area contributed by atoms with Crippen LogP contribution in [0.5, 0.6) is 17.2 Å². The Morgan fingerprint density at radius 1 is 1.07 bits per heavy atom. The summed E-state index contributed by atoms with van der Waals surface area (Å²) in [6.45, 7) is 2.36. The first-order valence-corrected chi connectivity index (χ1v) is 10.8. The van der Waals surface area contributed by atoms with Gasteiger partial charge >= 0.3 is 5.97 Å². The third kappa shape index (κ3) is 6.97. The fourth-order valence-electron chi connectivity index (χ4n) is 3.22. The van der Waals surface area contributed by atoms with E-state index in [9.17, 15) is 4.79 Å². The summed E-state index contributed by atoms with van der Waals surface area (Å²) in [5.41, 5.74) is 0.980. The first-order valence-electron chi connectivity index (χ1n) is 10.8. The van der Waals surface area contributed by atoms with Crippen molar-refractivity contribution in [2.24, 2.45) is 11.8 Å². The summed E-state index contributed by atoms with van der Waals surface area (Å²) in [5, 5.41) is 9.04. The highest BCUT2D eigenvalue weighted by Crippen LogP contribution is 2.35. The predicted octanol–water partition coefficient (Wildman–Crippen LogP) is 5.37. The third-order valence-corrected chi connectivity index (χ3v) is 5.26. The summed E-state index contributed by atoms with van der Waals surface area (Å²) in [6, 6.07) is 15.4. The lowest BCUT2D eigenvalue weighted by atomic mass is 9.83. The van der Waals surface area contributed by atoms with Gasteiger partial charge in [-0.05, 0) is 55.0 Å². The Morgan fingerprint density at radius 3 is 2.40 bits per heavy atom. The lowest BCUT2D eigenvalue weighted by Gasteiger charge is -2.35. The molecule has 2 aromatic rings. The van der Waals surface area contributed by atoms with E-state index in [-0.39, 0.29) is 6.10 Å². The summed E-state index contributed by atoms with van der Waals surface area (Å²) in [4.78, 5) is 11.0.